The van der Waals surface area contributed by atoms with Crippen LogP contribution >= 0.6 is 0 Å². The van der Waals surface area contributed by atoms with Crippen LogP contribution in [0.2, 0.25) is 0 Å². The van der Waals surface area contributed by atoms with Crippen molar-refractivity contribution >= 4 is 28.3 Å². The number of likely N-dealkylation sites (tertiary alicyclic amines) is 1. The molecule has 5 rings (SSSR count). The molecule has 8 heteroatoms. The molecule has 5 heterocycles. The van der Waals surface area contributed by atoms with Crippen LogP contribution in [0.25, 0.3) is 16.7 Å². The van der Waals surface area contributed by atoms with Gasteiger partial charge in [0.1, 0.15) is 11.3 Å². The second kappa shape index (κ2) is 6.66. The highest BCUT2D eigenvalue weighted by molar-refractivity contribution is 6.04. The van der Waals surface area contributed by atoms with Crippen LogP contribution in [-0.4, -0.2) is 48.5 Å². The van der Waals surface area contributed by atoms with Crippen molar-refractivity contribution in [3.63, 3.8) is 0 Å². The fourth-order valence-corrected chi connectivity index (χ4v) is 4.16. The zero-order valence-corrected chi connectivity index (χ0v) is 16.8. The Balaban J connectivity index is 1.41. The number of aromatic nitrogens is 5. The Morgan fingerprint density at radius 1 is 1.14 bits per heavy atom. The molecule has 1 unspecified atom stereocenters. The molecule has 1 amide bonds. The molecule has 148 valence electrons. The number of carbonyl (C=O) groups excluding carboxylic acids is 1. The van der Waals surface area contributed by atoms with Gasteiger partial charge in [-0.15, -0.1) is 0 Å². The van der Waals surface area contributed by atoms with Crippen molar-refractivity contribution in [3.05, 3.63) is 53.7 Å². The van der Waals surface area contributed by atoms with E-state index < -0.39 is 0 Å². The third-order valence-electron chi connectivity index (χ3n) is 5.69. The number of fused-ring (bicyclic) bond motifs is 2. The average molecular weight is 389 g/mol. The van der Waals surface area contributed by atoms with Crippen LogP contribution in [0.1, 0.15) is 40.8 Å². The van der Waals surface area contributed by atoms with Gasteiger partial charge in [-0.2, -0.15) is 5.10 Å². The molecule has 1 aliphatic heterocycles. The number of anilines is 1. The lowest BCUT2D eigenvalue weighted by Crippen LogP contribution is -2.17. The number of hydrogen-bond acceptors (Lipinski definition) is 5. The fourth-order valence-electron chi connectivity index (χ4n) is 4.16. The standard InChI is InChI=1S/C21H23N7O/c1-13-15-7-8-16(24-20(15)27(3)25-13)21(29)22-14-6-9-19-23-17(12-28(19)11-14)18-5-4-10-26(18)2/h6-9,11-12,18H,4-5,10H2,1-3H3,(H,22,29). The Morgan fingerprint density at radius 2 is 2.00 bits per heavy atom. The summed E-state index contributed by atoms with van der Waals surface area (Å²) in [5, 5.41) is 8.25. The molecule has 4 aromatic rings. The Morgan fingerprint density at radius 3 is 2.79 bits per heavy atom. The van der Waals surface area contributed by atoms with Gasteiger partial charge in [0, 0.05) is 24.8 Å². The Labute approximate surface area is 168 Å². The maximum atomic E-state index is 12.7. The molecular formula is C21H23N7O. The van der Waals surface area contributed by atoms with Crippen molar-refractivity contribution in [2.75, 3.05) is 18.9 Å². The van der Waals surface area contributed by atoms with Crippen LogP contribution < -0.4 is 5.32 Å². The quantitative estimate of drug-likeness (QED) is 0.583. The molecule has 0 radical (unpaired) electrons. The fraction of sp³-hybridized carbons (Fsp3) is 0.333. The number of amides is 1. The largest absolute Gasteiger partial charge is 0.319 e. The van der Waals surface area contributed by atoms with Crippen LogP contribution in [0, 0.1) is 6.92 Å². The third kappa shape index (κ3) is 3.05. The van der Waals surface area contributed by atoms with Crippen LogP contribution in [0.5, 0.6) is 0 Å². The van der Waals surface area contributed by atoms with E-state index in [1.807, 2.05) is 42.8 Å². The number of aryl methyl sites for hydroxylation is 2. The average Bonchev–Trinajstić information content (AvgIpc) is 3.38. The predicted octanol–water partition coefficient (Wildman–Crippen LogP) is 2.94. The third-order valence-corrected chi connectivity index (χ3v) is 5.69. The van der Waals surface area contributed by atoms with E-state index in [9.17, 15) is 4.79 Å². The maximum Gasteiger partial charge on any atom is 0.274 e. The molecule has 1 N–H and O–H groups in total. The van der Waals surface area contributed by atoms with Crippen molar-refractivity contribution < 1.29 is 4.79 Å². The highest BCUT2D eigenvalue weighted by atomic mass is 16.1. The summed E-state index contributed by atoms with van der Waals surface area (Å²) in [6.45, 7) is 3.04. The van der Waals surface area contributed by atoms with Gasteiger partial charge < -0.3 is 9.72 Å². The molecule has 1 saturated heterocycles. The number of rotatable bonds is 3. The van der Waals surface area contributed by atoms with E-state index >= 15 is 0 Å². The summed E-state index contributed by atoms with van der Waals surface area (Å²) in [7, 11) is 3.97. The SMILES string of the molecule is Cc1nn(C)c2nc(C(=O)Nc3ccc4nc(C5CCCN5C)cn4c3)ccc12. The van der Waals surface area contributed by atoms with Gasteiger partial charge in [0.25, 0.3) is 5.91 Å². The zero-order chi connectivity index (χ0) is 20.1. The minimum atomic E-state index is -0.249. The summed E-state index contributed by atoms with van der Waals surface area (Å²) in [6.07, 6.45) is 6.28. The molecule has 0 saturated carbocycles. The topological polar surface area (TPSA) is 80.3 Å². The van der Waals surface area contributed by atoms with Gasteiger partial charge in [0.15, 0.2) is 5.65 Å². The molecule has 1 aliphatic rings. The van der Waals surface area contributed by atoms with Gasteiger partial charge in [-0.25, -0.2) is 9.97 Å². The summed E-state index contributed by atoms with van der Waals surface area (Å²) in [6, 6.07) is 7.79. The maximum absolute atomic E-state index is 12.7. The second-order valence-corrected chi connectivity index (χ2v) is 7.72. The second-order valence-electron chi connectivity index (χ2n) is 7.72. The molecule has 0 aromatic carbocycles. The smallest absolute Gasteiger partial charge is 0.274 e. The molecule has 4 aromatic heterocycles. The number of nitrogens with one attached hydrogen (secondary N) is 1. The van der Waals surface area contributed by atoms with Gasteiger partial charge >= 0.3 is 0 Å². The number of imidazole rings is 1. The Bertz CT molecular complexity index is 1240. The molecule has 1 fully saturated rings. The van der Waals surface area contributed by atoms with Crippen LogP contribution in [0.3, 0.4) is 0 Å². The van der Waals surface area contributed by atoms with E-state index in [2.05, 4.69) is 33.5 Å². The summed E-state index contributed by atoms with van der Waals surface area (Å²) >= 11 is 0. The molecular weight excluding hydrogens is 366 g/mol. The first-order chi connectivity index (χ1) is 14.0. The van der Waals surface area contributed by atoms with Gasteiger partial charge in [-0.3, -0.25) is 14.4 Å². The van der Waals surface area contributed by atoms with Gasteiger partial charge in [0.2, 0.25) is 0 Å². The predicted molar refractivity (Wildman–Crippen MR) is 111 cm³/mol. The highest BCUT2D eigenvalue weighted by Crippen LogP contribution is 2.30. The van der Waals surface area contributed by atoms with E-state index in [0.717, 1.165) is 35.4 Å². The number of nitrogens with zero attached hydrogens (tertiary/aromatic N) is 6. The van der Waals surface area contributed by atoms with Gasteiger partial charge in [0.05, 0.1) is 23.1 Å². The lowest BCUT2D eigenvalue weighted by molar-refractivity contribution is 0.102. The first-order valence-corrected chi connectivity index (χ1v) is 9.80. The molecule has 0 bridgehead atoms. The van der Waals surface area contributed by atoms with E-state index in [1.54, 1.807) is 10.7 Å². The zero-order valence-electron chi connectivity index (χ0n) is 16.8. The van der Waals surface area contributed by atoms with Crippen LogP contribution in [0.15, 0.2) is 36.7 Å². The molecule has 8 nitrogen and oxygen atoms in total. The lowest BCUT2D eigenvalue weighted by atomic mass is 10.2. The Hall–Kier alpha value is -3.26. The van der Waals surface area contributed by atoms with Crippen LogP contribution in [0.4, 0.5) is 5.69 Å². The van der Waals surface area contributed by atoms with Crippen molar-refractivity contribution in [1.82, 2.24) is 29.0 Å². The van der Waals surface area contributed by atoms with E-state index in [1.165, 1.54) is 6.42 Å². The summed E-state index contributed by atoms with van der Waals surface area (Å²) in [4.78, 5) is 24.3. The number of pyridine rings is 2. The Kier molecular flexibility index (Phi) is 4.09. The van der Waals surface area contributed by atoms with E-state index in [0.29, 0.717) is 23.1 Å². The van der Waals surface area contributed by atoms with Crippen molar-refractivity contribution in [2.24, 2.45) is 7.05 Å². The monoisotopic (exact) mass is 389 g/mol. The van der Waals surface area contributed by atoms with Gasteiger partial charge in [-0.1, -0.05) is 0 Å². The first-order valence-electron chi connectivity index (χ1n) is 9.80. The molecule has 1 atom stereocenters. The van der Waals surface area contributed by atoms with Crippen molar-refractivity contribution in [3.8, 4) is 0 Å². The summed E-state index contributed by atoms with van der Waals surface area (Å²) < 4.78 is 3.67. The minimum Gasteiger partial charge on any atom is -0.319 e. The van der Waals surface area contributed by atoms with Crippen molar-refractivity contribution in [2.45, 2.75) is 25.8 Å². The first kappa shape index (κ1) is 17.8. The lowest BCUT2D eigenvalue weighted by Gasteiger charge is -2.16. The minimum absolute atomic E-state index is 0.249. The van der Waals surface area contributed by atoms with E-state index in [-0.39, 0.29) is 5.91 Å². The van der Waals surface area contributed by atoms with Gasteiger partial charge in [-0.05, 0) is 57.6 Å². The van der Waals surface area contributed by atoms with E-state index in [4.69, 9.17) is 4.98 Å². The molecule has 29 heavy (non-hydrogen) atoms. The normalized spacial score (nSPS) is 17.4. The van der Waals surface area contributed by atoms with Crippen LogP contribution in [-0.2, 0) is 7.05 Å². The molecule has 0 aliphatic carbocycles. The highest BCUT2D eigenvalue weighted by Gasteiger charge is 2.24. The number of carbonyl (C=O) groups is 1. The summed E-state index contributed by atoms with van der Waals surface area (Å²) in [5.41, 5.74) is 4.62. The number of hydrogen-bond donors (Lipinski definition) is 1. The summed E-state index contributed by atoms with van der Waals surface area (Å²) in [5.74, 6) is -0.249. The molecule has 0 spiro atoms. The van der Waals surface area contributed by atoms with Crippen molar-refractivity contribution in [1.29, 1.82) is 0 Å².